The summed E-state index contributed by atoms with van der Waals surface area (Å²) < 4.78 is 35.7. The van der Waals surface area contributed by atoms with Crippen LogP contribution in [-0.4, -0.2) is 83.1 Å². The molecule has 0 amide bonds. The molecule has 0 aliphatic carbocycles. The van der Waals surface area contributed by atoms with E-state index in [1.54, 1.807) is 0 Å². The fourth-order valence-corrected chi connectivity index (χ4v) is 3.98. The van der Waals surface area contributed by atoms with Crippen LogP contribution in [0.1, 0.15) is 20.3 Å². The highest BCUT2D eigenvalue weighted by Gasteiger charge is 2.17. The topological polar surface area (TPSA) is 77.0 Å². The number of nitrogens with one attached hydrogen (secondary N) is 2. The average molecular weight is 556 g/mol. The van der Waals surface area contributed by atoms with Crippen LogP contribution in [0.2, 0.25) is 0 Å². The van der Waals surface area contributed by atoms with Gasteiger partial charge in [0.25, 0.3) is 0 Å². The maximum atomic E-state index is 13.1. The highest BCUT2D eigenvalue weighted by Crippen LogP contribution is 2.16. The smallest absolute Gasteiger partial charge is 0.191 e. The standard InChI is InChI=1S/C20H34FN5O2S.HI/c1-4-22-20(24-17(2)9-16-29(3,27)28)23-10-11-25-12-14-26(15-13-25)19-7-5-18(21)6-8-19;/h5-8,17H,4,9-16H2,1-3H3,(H2,22,23,24);1H. The molecule has 1 unspecified atom stereocenters. The van der Waals surface area contributed by atoms with E-state index in [-0.39, 0.29) is 41.6 Å². The lowest BCUT2D eigenvalue weighted by molar-refractivity contribution is 0.265. The van der Waals surface area contributed by atoms with Gasteiger partial charge in [-0.15, -0.1) is 24.0 Å². The molecule has 1 aliphatic rings. The van der Waals surface area contributed by atoms with Crippen molar-refractivity contribution in [1.29, 1.82) is 0 Å². The predicted octanol–water partition coefficient (Wildman–Crippen LogP) is 1.94. The SMILES string of the molecule is CCNC(=NCCN1CCN(c2ccc(F)cc2)CC1)NC(C)CCS(C)(=O)=O.I. The molecule has 1 atom stereocenters. The van der Waals surface area contributed by atoms with Crippen molar-refractivity contribution in [2.75, 3.05) is 62.7 Å². The number of benzene rings is 1. The summed E-state index contributed by atoms with van der Waals surface area (Å²) in [6.45, 7) is 9.98. The molecule has 30 heavy (non-hydrogen) atoms. The Morgan fingerprint density at radius 3 is 2.40 bits per heavy atom. The molecule has 1 fully saturated rings. The number of hydrogen-bond acceptors (Lipinski definition) is 5. The van der Waals surface area contributed by atoms with Crippen LogP contribution < -0.4 is 15.5 Å². The Hall–Kier alpha value is -1.14. The van der Waals surface area contributed by atoms with Gasteiger partial charge in [0.05, 0.1) is 12.3 Å². The molecule has 0 spiro atoms. The van der Waals surface area contributed by atoms with Gasteiger partial charge >= 0.3 is 0 Å². The van der Waals surface area contributed by atoms with Crippen LogP contribution in [0.5, 0.6) is 0 Å². The van der Waals surface area contributed by atoms with Crippen molar-refractivity contribution in [3.05, 3.63) is 30.1 Å². The quantitative estimate of drug-likeness (QED) is 0.276. The third-order valence-corrected chi connectivity index (χ3v) is 5.88. The highest BCUT2D eigenvalue weighted by atomic mass is 127. The number of piperazine rings is 1. The second kappa shape index (κ2) is 13.3. The summed E-state index contributed by atoms with van der Waals surface area (Å²) in [5.74, 6) is 0.679. The minimum Gasteiger partial charge on any atom is -0.369 e. The van der Waals surface area contributed by atoms with Crippen LogP contribution >= 0.6 is 24.0 Å². The molecule has 172 valence electrons. The van der Waals surface area contributed by atoms with Gasteiger partial charge in [-0.05, 0) is 44.5 Å². The van der Waals surface area contributed by atoms with Crippen LogP contribution in [0.4, 0.5) is 10.1 Å². The van der Waals surface area contributed by atoms with Crippen molar-refractivity contribution in [3.8, 4) is 0 Å². The highest BCUT2D eigenvalue weighted by molar-refractivity contribution is 14.0. The van der Waals surface area contributed by atoms with Gasteiger partial charge in [-0.25, -0.2) is 12.8 Å². The van der Waals surface area contributed by atoms with Crippen LogP contribution in [0.3, 0.4) is 0 Å². The minimum absolute atomic E-state index is 0. The zero-order valence-electron chi connectivity index (χ0n) is 18.1. The molecule has 1 aliphatic heterocycles. The average Bonchev–Trinajstić information content (AvgIpc) is 2.67. The molecule has 2 rings (SSSR count). The molecule has 10 heteroatoms. The second-order valence-corrected chi connectivity index (χ2v) is 9.79. The van der Waals surface area contributed by atoms with E-state index in [2.05, 4.69) is 25.4 Å². The summed E-state index contributed by atoms with van der Waals surface area (Å²) in [5, 5.41) is 6.49. The van der Waals surface area contributed by atoms with Crippen LogP contribution in [0, 0.1) is 5.82 Å². The molecule has 0 saturated carbocycles. The number of sulfone groups is 1. The summed E-state index contributed by atoms with van der Waals surface area (Å²) in [5.41, 5.74) is 1.06. The van der Waals surface area contributed by atoms with E-state index in [9.17, 15) is 12.8 Å². The van der Waals surface area contributed by atoms with Crippen molar-refractivity contribution in [3.63, 3.8) is 0 Å². The Morgan fingerprint density at radius 2 is 1.83 bits per heavy atom. The number of aliphatic imine (C=N–C) groups is 1. The first kappa shape index (κ1) is 26.9. The van der Waals surface area contributed by atoms with E-state index in [0.29, 0.717) is 13.0 Å². The molecular formula is C20H35FIN5O2S. The summed E-state index contributed by atoms with van der Waals surface area (Å²) >= 11 is 0. The molecule has 1 aromatic rings. The van der Waals surface area contributed by atoms with Gasteiger partial charge in [-0.2, -0.15) is 0 Å². The van der Waals surface area contributed by atoms with Crippen molar-refractivity contribution in [1.82, 2.24) is 15.5 Å². The Bertz CT molecular complexity index is 753. The largest absolute Gasteiger partial charge is 0.369 e. The molecule has 7 nitrogen and oxygen atoms in total. The number of nitrogens with zero attached hydrogens (tertiary/aromatic N) is 3. The molecule has 1 heterocycles. The molecule has 2 N–H and O–H groups in total. The van der Waals surface area contributed by atoms with E-state index in [0.717, 1.165) is 50.9 Å². The third kappa shape index (κ3) is 10.3. The van der Waals surface area contributed by atoms with Gasteiger partial charge in [0.15, 0.2) is 5.96 Å². The van der Waals surface area contributed by atoms with Gasteiger partial charge in [-0.1, -0.05) is 0 Å². The number of anilines is 1. The predicted molar refractivity (Wildman–Crippen MR) is 133 cm³/mol. The van der Waals surface area contributed by atoms with Crippen LogP contribution in [0.15, 0.2) is 29.3 Å². The van der Waals surface area contributed by atoms with E-state index in [1.807, 2.05) is 26.0 Å². The van der Waals surface area contributed by atoms with Crippen molar-refractivity contribution < 1.29 is 12.8 Å². The molecule has 0 aromatic heterocycles. The van der Waals surface area contributed by atoms with Crippen LogP contribution in [-0.2, 0) is 9.84 Å². The maximum Gasteiger partial charge on any atom is 0.191 e. The van der Waals surface area contributed by atoms with Crippen molar-refractivity contribution in [2.24, 2.45) is 4.99 Å². The number of halogens is 2. The van der Waals surface area contributed by atoms with Crippen molar-refractivity contribution in [2.45, 2.75) is 26.3 Å². The lowest BCUT2D eigenvalue weighted by Gasteiger charge is -2.35. The summed E-state index contributed by atoms with van der Waals surface area (Å²) in [6.07, 6.45) is 1.81. The zero-order chi connectivity index (χ0) is 21.3. The zero-order valence-corrected chi connectivity index (χ0v) is 21.3. The normalized spacial score (nSPS) is 16.7. The lowest BCUT2D eigenvalue weighted by Crippen LogP contribution is -2.47. The Kier molecular flexibility index (Phi) is 11.9. The maximum absolute atomic E-state index is 13.1. The van der Waals surface area contributed by atoms with Crippen molar-refractivity contribution >= 4 is 45.5 Å². The Balaban J connectivity index is 0.00000450. The van der Waals surface area contributed by atoms with E-state index >= 15 is 0 Å². The minimum atomic E-state index is -2.96. The molecule has 0 bridgehead atoms. The number of rotatable bonds is 9. The number of hydrogen-bond donors (Lipinski definition) is 2. The second-order valence-electron chi connectivity index (χ2n) is 7.53. The van der Waals surface area contributed by atoms with Gasteiger partial charge in [0, 0.05) is 57.3 Å². The number of guanidine groups is 1. The summed E-state index contributed by atoms with van der Waals surface area (Å²) in [7, 11) is -2.96. The Labute approximate surface area is 197 Å². The van der Waals surface area contributed by atoms with Gasteiger partial charge < -0.3 is 15.5 Å². The fourth-order valence-electron chi connectivity index (χ4n) is 3.20. The van der Waals surface area contributed by atoms with Gasteiger partial charge in [0.1, 0.15) is 15.7 Å². The first-order valence-electron chi connectivity index (χ1n) is 10.2. The monoisotopic (exact) mass is 555 g/mol. The van der Waals surface area contributed by atoms with Crippen LogP contribution in [0.25, 0.3) is 0 Å². The first-order valence-corrected chi connectivity index (χ1v) is 12.3. The Morgan fingerprint density at radius 1 is 1.20 bits per heavy atom. The molecular weight excluding hydrogens is 520 g/mol. The van der Waals surface area contributed by atoms with Gasteiger partial charge in [-0.3, -0.25) is 9.89 Å². The molecule has 1 saturated heterocycles. The lowest BCUT2D eigenvalue weighted by atomic mass is 10.2. The molecule has 1 aromatic carbocycles. The molecule has 0 radical (unpaired) electrons. The third-order valence-electron chi connectivity index (χ3n) is 4.90. The summed E-state index contributed by atoms with van der Waals surface area (Å²) in [6, 6.07) is 6.69. The first-order chi connectivity index (χ1) is 13.8. The van der Waals surface area contributed by atoms with E-state index < -0.39 is 9.84 Å². The fraction of sp³-hybridized carbons (Fsp3) is 0.650. The summed E-state index contributed by atoms with van der Waals surface area (Å²) in [4.78, 5) is 9.27. The van der Waals surface area contributed by atoms with E-state index in [1.165, 1.54) is 18.4 Å². The van der Waals surface area contributed by atoms with Gasteiger partial charge in [0.2, 0.25) is 0 Å². The van der Waals surface area contributed by atoms with E-state index in [4.69, 9.17) is 0 Å².